The van der Waals surface area contributed by atoms with Gasteiger partial charge in [0.15, 0.2) is 0 Å². The summed E-state index contributed by atoms with van der Waals surface area (Å²) in [6.07, 6.45) is 32.2. The molecule has 0 aromatic heterocycles. The van der Waals surface area contributed by atoms with Gasteiger partial charge in [0.05, 0.1) is 18.6 Å². The van der Waals surface area contributed by atoms with Crippen LogP contribution in [0.3, 0.4) is 0 Å². The Balaban J connectivity index is 3.83. The summed E-state index contributed by atoms with van der Waals surface area (Å²) >= 11 is 0. The molecule has 0 saturated heterocycles. The lowest BCUT2D eigenvalue weighted by Gasteiger charge is -2.29. The lowest BCUT2D eigenvalue weighted by molar-refractivity contribution is -0.125. The molecule has 4 N–H and O–H groups in total. The SMILES string of the molecule is CC/C=C\C/C=C\C/C=C\C/C=C\C/C=C\C/C=C\CCC(=O)NCCSSC(C)(C)[C@@H](C)C(=O)NC[C@@H](O)CO. The molecule has 0 radical (unpaired) electrons. The third kappa shape index (κ3) is 24.3. The summed E-state index contributed by atoms with van der Waals surface area (Å²) in [5.41, 5.74) is 0. The second-order valence-electron chi connectivity index (χ2n) is 10.1. The molecule has 41 heavy (non-hydrogen) atoms. The number of aliphatic hydroxyl groups excluding tert-OH is 2. The van der Waals surface area contributed by atoms with E-state index in [1.54, 1.807) is 21.6 Å². The zero-order valence-electron chi connectivity index (χ0n) is 25.6. The fourth-order valence-electron chi connectivity index (χ4n) is 3.19. The maximum absolute atomic E-state index is 12.3. The quantitative estimate of drug-likeness (QED) is 0.0545. The Hall–Kier alpha value is -2.00. The predicted molar refractivity (Wildman–Crippen MR) is 180 cm³/mol. The number of hydrogen-bond donors (Lipinski definition) is 4. The number of amides is 2. The molecule has 2 atom stereocenters. The summed E-state index contributed by atoms with van der Waals surface area (Å²) in [4.78, 5) is 24.3. The minimum Gasteiger partial charge on any atom is -0.394 e. The van der Waals surface area contributed by atoms with Gasteiger partial charge >= 0.3 is 0 Å². The zero-order chi connectivity index (χ0) is 30.6. The molecule has 0 heterocycles. The second-order valence-corrected chi connectivity index (χ2v) is 13.2. The van der Waals surface area contributed by atoms with Crippen LogP contribution in [-0.4, -0.2) is 58.3 Å². The van der Waals surface area contributed by atoms with Crippen LogP contribution in [0.2, 0.25) is 0 Å². The van der Waals surface area contributed by atoms with Crippen LogP contribution in [0.15, 0.2) is 72.9 Å². The molecular weight excluding hydrogens is 553 g/mol. The number of aliphatic hydroxyl groups is 2. The highest BCUT2D eigenvalue weighted by molar-refractivity contribution is 8.77. The van der Waals surface area contributed by atoms with E-state index in [0.29, 0.717) is 13.0 Å². The summed E-state index contributed by atoms with van der Waals surface area (Å²) < 4.78 is -0.321. The third-order valence-corrected chi connectivity index (χ3v) is 9.49. The van der Waals surface area contributed by atoms with Crippen LogP contribution < -0.4 is 10.6 Å². The number of allylic oxidation sites excluding steroid dienone is 12. The summed E-state index contributed by atoms with van der Waals surface area (Å²) in [7, 11) is 3.24. The minimum absolute atomic E-state index is 0.0398. The average molecular weight is 607 g/mol. The monoisotopic (exact) mass is 606 g/mol. The second kappa shape index (κ2) is 26.9. The first-order valence-electron chi connectivity index (χ1n) is 14.8. The van der Waals surface area contributed by atoms with Crippen molar-refractivity contribution in [2.24, 2.45) is 5.92 Å². The van der Waals surface area contributed by atoms with E-state index in [2.05, 4.69) is 90.5 Å². The highest BCUT2D eigenvalue weighted by Gasteiger charge is 2.32. The van der Waals surface area contributed by atoms with Crippen LogP contribution in [0.4, 0.5) is 0 Å². The summed E-state index contributed by atoms with van der Waals surface area (Å²) in [6, 6.07) is 0. The highest BCUT2D eigenvalue weighted by Crippen LogP contribution is 2.40. The van der Waals surface area contributed by atoms with E-state index in [1.807, 2.05) is 20.8 Å². The van der Waals surface area contributed by atoms with Crippen molar-refractivity contribution in [2.75, 3.05) is 25.4 Å². The van der Waals surface area contributed by atoms with Gasteiger partial charge in [0.25, 0.3) is 0 Å². The first kappa shape index (κ1) is 39.0. The minimum atomic E-state index is -0.945. The van der Waals surface area contributed by atoms with Gasteiger partial charge < -0.3 is 20.8 Å². The van der Waals surface area contributed by atoms with Gasteiger partial charge in [-0.3, -0.25) is 9.59 Å². The lowest BCUT2D eigenvalue weighted by Crippen LogP contribution is -2.42. The Kier molecular flexibility index (Phi) is 25.6. The van der Waals surface area contributed by atoms with Gasteiger partial charge in [-0.15, -0.1) is 0 Å². The van der Waals surface area contributed by atoms with E-state index in [4.69, 9.17) is 5.11 Å². The standard InChI is InChI=1S/C33H54N2O4S2/c1-5-6-7-8-9-10-11-12-13-14-15-16-17-18-19-20-21-22-23-24-31(38)34-25-26-40-41-33(3,4)29(2)32(39)35-27-30(37)28-36/h6-7,9-10,12-13,15-16,18-19,21-22,29-30,36-37H,5,8,11,14,17,20,23-28H2,1-4H3,(H,34,38)(H,35,39)/b7-6-,10-9-,13-12-,16-15-,19-18-,22-21-/t29-,30+/m0/s1. The molecule has 0 spiro atoms. The van der Waals surface area contributed by atoms with E-state index in [-0.39, 0.29) is 35.6 Å². The first-order valence-corrected chi connectivity index (χ1v) is 17.1. The summed E-state index contributed by atoms with van der Waals surface area (Å²) in [6.45, 7) is 8.25. The van der Waals surface area contributed by atoms with E-state index in [9.17, 15) is 14.7 Å². The molecule has 0 aliphatic carbocycles. The van der Waals surface area contributed by atoms with Crippen LogP contribution in [0.5, 0.6) is 0 Å². The maximum atomic E-state index is 12.3. The van der Waals surface area contributed by atoms with Crippen LogP contribution in [0.1, 0.15) is 79.1 Å². The van der Waals surface area contributed by atoms with Crippen LogP contribution in [-0.2, 0) is 9.59 Å². The van der Waals surface area contributed by atoms with E-state index >= 15 is 0 Å². The van der Waals surface area contributed by atoms with Gasteiger partial charge in [-0.2, -0.15) is 0 Å². The molecule has 0 aliphatic heterocycles. The van der Waals surface area contributed by atoms with Crippen LogP contribution in [0, 0.1) is 5.92 Å². The van der Waals surface area contributed by atoms with Crippen LogP contribution in [0.25, 0.3) is 0 Å². The van der Waals surface area contributed by atoms with Gasteiger partial charge in [-0.05, 0) is 58.8 Å². The normalized spacial score (nSPS) is 14.4. The molecule has 0 aliphatic rings. The summed E-state index contributed by atoms with van der Waals surface area (Å²) in [5.74, 6) is 0.363. The average Bonchev–Trinajstić information content (AvgIpc) is 2.96. The number of hydrogen-bond acceptors (Lipinski definition) is 6. The topological polar surface area (TPSA) is 98.7 Å². The Morgan fingerprint density at radius 3 is 1.78 bits per heavy atom. The Morgan fingerprint density at radius 2 is 1.29 bits per heavy atom. The van der Waals surface area contributed by atoms with E-state index in [1.165, 1.54) is 0 Å². The van der Waals surface area contributed by atoms with Crippen molar-refractivity contribution >= 4 is 33.4 Å². The van der Waals surface area contributed by atoms with Crippen molar-refractivity contribution in [3.05, 3.63) is 72.9 Å². The van der Waals surface area contributed by atoms with Crippen molar-refractivity contribution in [3.8, 4) is 0 Å². The van der Waals surface area contributed by atoms with E-state index < -0.39 is 6.10 Å². The largest absolute Gasteiger partial charge is 0.394 e. The first-order chi connectivity index (χ1) is 19.7. The molecular formula is C33H54N2O4S2. The van der Waals surface area contributed by atoms with E-state index in [0.717, 1.165) is 50.7 Å². The number of carbonyl (C=O) groups is 2. The fourth-order valence-corrected chi connectivity index (χ4v) is 5.86. The van der Waals surface area contributed by atoms with Crippen molar-refractivity contribution in [1.82, 2.24) is 10.6 Å². The summed E-state index contributed by atoms with van der Waals surface area (Å²) in [5, 5.41) is 23.9. The molecule has 0 unspecified atom stereocenters. The van der Waals surface area contributed by atoms with Gasteiger partial charge in [-0.25, -0.2) is 0 Å². The van der Waals surface area contributed by atoms with Crippen molar-refractivity contribution < 1.29 is 19.8 Å². The zero-order valence-corrected chi connectivity index (χ0v) is 27.2. The van der Waals surface area contributed by atoms with Crippen molar-refractivity contribution in [1.29, 1.82) is 0 Å². The molecule has 0 saturated carbocycles. The highest BCUT2D eigenvalue weighted by atomic mass is 33.1. The van der Waals surface area contributed by atoms with Gasteiger partial charge in [0.2, 0.25) is 11.8 Å². The Bertz CT molecular complexity index is 863. The molecule has 0 aromatic rings. The number of rotatable bonds is 24. The van der Waals surface area contributed by atoms with Gasteiger partial charge in [-0.1, -0.05) is 108 Å². The molecule has 0 bridgehead atoms. The molecule has 232 valence electrons. The third-order valence-electron chi connectivity index (χ3n) is 6.07. The molecule has 0 rings (SSSR count). The van der Waals surface area contributed by atoms with Crippen LogP contribution >= 0.6 is 21.6 Å². The lowest BCUT2D eigenvalue weighted by atomic mass is 9.96. The molecule has 8 heteroatoms. The van der Waals surface area contributed by atoms with Gasteiger partial charge in [0.1, 0.15) is 0 Å². The Morgan fingerprint density at radius 1 is 0.805 bits per heavy atom. The van der Waals surface area contributed by atoms with Crippen molar-refractivity contribution in [2.45, 2.75) is 89.9 Å². The number of carbonyl (C=O) groups excluding carboxylic acids is 2. The molecule has 0 fully saturated rings. The smallest absolute Gasteiger partial charge is 0.224 e. The number of nitrogens with one attached hydrogen (secondary N) is 2. The molecule has 6 nitrogen and oxygen atoms in total. The van der Waals surface area contributed by atoms with Crippen molar-refractivity contribution in [3.63, 3.8) is 0 Å². The Labute approximate surface area is 257 Å². The molecule has 0 aromatic carbocycles. The van der Waals surface area contributed by atoms with Gasteiger partial charge in [0, 0.05) is 30.0 Å². The maximum Gasteiger partial charge on any atom is 0.224 e. The predicted octanol–water partition coefficient (Wildman–Crippen LogP) is 6.85. The molecule has 2 amide bonds. The fraction of sp³-hybridized carbons (Fsp3) is 0.576.